The maximum Gasteiger partial charge on any atom is 0.167 e. The summed E-state index contributed by atoms with van der Waals surface area (Å²) in [5.41, 5.74) is 9.27. The summed E-state index contributed by atoms with van der Waals surface area (Å²) < 4.78 is 15.3. The van der Waals surface area contributed by atoms with Crippen LogP contribution in [0, 0.1) is 0 Å². The van der Waals surface area contributed by atoms with E-state index in [-0.39, 0.29) is 0 Å². The Kier molecular flexibility index (Phi) is 6.96. The van der Waals surface area contributed by atoms with Crippen molar-refractivity contribution in [2.75, 3.05) is 0 Å². The molecule has 57 heavy (non-hydrogen) atoms. The number of fused-ring (bicyclic) bond motifs is 9. The van der Waals surface area contributed by atoms with Crippen molar-refractivity contribution in [2.45, 2.75) is 0 Å². The molecule has 0 saturated heterocycles. The van der Waals surface area contributed by atoms with E-state index in [4.69, 9.17) is 33.8 Å². The van der Waals surface area contributed by atoms with Gasteiger partial charge in [-0.3, -0.25) is 0 Å². The number of nitrogens with zero attached hydrogens (tertiary/aromatic N) is 5. The van der Waals surface area contributed by atoms with Gasteiger partial charge in [0.2, 0.25) is 0 Å². The lowest BCUT2D eigenvalue weighted by Crippen LogP contribution is -2.00. The van der Waals surface area contributed by atoms with E-state index >= 15 is 0 Å². The maximum absolute atomic E-state index is 6.68. The summed E-state index contributed by atoms with van der Waals surface area (Å²) in [5.74, 6) is 2.27. The Morgan fingerprint density at radius 2 is 0.930 bits per heavy atom. The summed E-state index contributed by atoms with van der Waals surface area (Å²) in [6.07, 6.45) is 0. The number of furan rings is 2. The molecule has 0 radical (unpaired) electrons. The quantitative estimate of drug-likeness (QED) is 0.173. The standard InChI is InChI=1S/C49H27N5O2S/c1-3-13-28(14-4-1)41-45-42(34-18-8-10-24-40(34)57-45)51-48(50-41)35-21-12-20-33-37-27-30(25-26-39(37)56-44(33)35)47-52-46(29-15-5-2-6-16-29)53-49(54-47)36-22-11-19-32-31-17-7-9-23-38(31)55-43(32)36/h1-27H. The molecule has 0 saturated carbocycles. The lowest BCUT2D eigenvalue weighted by molar-refractivity contribution is 0.669. The van der Waals surface area contributed by atoms with Gasteiger partial charge in [-0.25, -0.2) is 24.9 Å². The lowest BCUT2D eigenvalue weighted by Gasteiger charge is -2.09. The highest BCUT2D eigenvalue weighted by Crippen LogP contribution is 2.42. The predicted molar refractivity (Wildman–Crippen MR) is 230 cm³/mol. The fourth-order valence-electron chi connectivity index (χ4n) is 7.88. The largest absolute Gasteiger partial charge is 0.455 e. The van der Waals surface area contributed by atoms with Crippen LogP contribution >= 0.6 is 11.3 Å². The number of thiophene rings is 1. The predicted octanol–water partition coefficient (Wildman–Crippen LogP) is 13.2. The number of rotatable bonds is 5. The van der Waals surface area contributed by atoms with Gasteiger partial charge >= 0.3 is 0 Å². The van der Waals surface area contributed by atoms with Crippen LogP contribution in [0.15, 0.2) is 173 Å². The fraction of sp³-hybridized carbons (Fsp3) is 0. The number of hydrogen-bond donors (Lipinski definition) is 0. The molecule has 7 aromatic carbocycles. The summed E-state index contributed by atoms with van der Waals surface area (Å²) >= 11 is 1.72. The third-order valence-electron chi connectivity index (χ3n) is 10.6. The summed E-state index contributed by atoms with van der Waals surface area (Å²) in [6.45, 7) is 0. The van der Waals surface area contributed by atoms with E-state index < -0.39 is 0 Å². The maximum atomic E-state index is 6.68. The zero-order chi connectivity index (χ0) is 37.5. The molecule has 8 heteroatoms. The smallest absolute Gasteiger partial charge is 0.167 e. The SMILES string of the molecule is c1ccc(-c2nc(-c3ccc4oc5c(-c6nc(-c7ccccc7)c7sc8ccccc8c7n6)cccc5c4c3)nc(-c3cccc4c3oc3ccccc34)n2)cc1. The number of aromatic nitrogens is 5. The molecule has 7 nitrogen and oxygen atoms in total. The van der Waals surface area contributed by atoms with Crippen LogP contribution in [0.3, 0.4) is 0 Å². The average molecular weight is 750 g/mol. The topological polar surface area (TPSA) is 90.7 Å². The monoisotopic (exact) mass is 749 g/mol. The first-order valence-corrected chi connectivity index (χ1v) is 19.5. The van der Waals surface area contributed by atoms with Gasteiger partial charge in [0.15, 0.2) is 23.3 Å². The zero-order valence-electron chi connectivity index (χ0n) is 30.0. The van der Waals surface area contributed by atoms with Crippen molar-refractivity contribution in [1.82, 2.24) is 24.9 Å². The van der Waals surface area contributed by atoms with E-state index in [9.17, 15) is 0 Å². The summed E-state index contributed by atoms with van der Waals surface area (Å²) in [7, 11) is 0. The van der Waals surface area contributed by atoms with Gasteiger partial charge in [0, 0.05) is 48.3 Å². The molecule has 0 aliphatic heterocycles. The van der Waals surface area contributed by atoms with Crippen molar-refractivity contribution in [3.63, 3.8) is 0 Å². The zero-order valence-corrected chi connectivity index (χ0v) is 30.9. The van der Waals surface area contributed by atoms with Crippen molar-refractivity contribution in [2.24, 2.45) is 0 Å². The Balaban J connectivity index is 1.04. The van der Waals surface area contributed by atoms with Gasteiger partial charge in [-0.2, -0.15) is 0 Å². The second kappa shape index (κ2) is 12.5. The number of benzene rings is 7. The third-order valence-corrected chi connectivity index (χ3v) is 11.7. The first-order chi connectivity index (χ1) is 28.2. The Morgan fingerprint density at radius 1 is 0.368 bits per heavy atom. The molecule has 0 N–H and O–H groups in total. The van der Waals surface area contributed by atoms with Crippen LogP contribution in [0.25, 0.3) is 121 Å². The molecule has 0 aliphatic rings. The second-order valence-electron chi connectivity index (χ2n) is 14.0. The molecule has 0 amide bonds. The van der Waals surface area contributed by atoms with Gasteiger partial charge in [-0.15, -0.1) is 11.3 Å². The van der Waals surface area contributed by atoms with Gasteiger partial charge in [-0.05, 0) is 42.5 Å². The fourth-order valence-corrected chi connectivity index (χ4v) is 9.04. The molecule has 12 aromatic rings. The first-order valence-electron chi connectivity index (χ1n) is 18.7. The first kappa shape index (κ1) is 31.8. The van der Waals surface area contributed by atoms with E-state index in [1.165, 1.54) is 4.70 Å². The minimum atomic E-state index is 0.533. The molecule has 12 rings (SSSR count). The van der Waals surface area contributed by atoms with Crippen molar-refractivity contribution in [3.8, 4) is 56.8 Å². The molecule has 5 heterocycles. The van der Waals surface area contributed by atoms with Crippen molar-refractivity contribution in [3.05, 3.63) is 164 Å². The van der Waals surface area contributed by atoms with Gasteiger partial charge < -0.3 is 8.83 Å². The van der Waals surface area contributed by atoms with Crippen LogP contribution in [0.5, 0.6) is 0 Å². The van der Waals surface area contributed by atoms with Crippen LogP contribution < -0.4 is 0 Å². The highest BCUT2D eigenvalue weighted by atomic mass is 32.1. The molecule has 0 unspecified atom stereocenters. The minimum absolute atomic E-state index is 0.533. The summed E-state index contributed by atoms with van der Waals surface area (Å²) in [6, 6.07) is 55.2. The van der Waals surface area contributed by atoms with E-state index in [1.807, 2.05) is 103 Å². The van der Waals surface area contributed by atoms with Crippen LogP contribution in [0.4, 0.5) is 0 Å². The van der Waals surface area contributed by atoms with Crippen LogP contribution in [0.1, 0.15) is 0 Å². The molecule has 266 valence electrons. The van der Waals surface area contributed by atoms with E-state index in [0.29, 0.717) is 23.3 Å². The normalized spacial score (nSPS) is 11.9. The Hall–Kier alpha value is -7.55. The van der Waals surface area contributed by atoms with Crippen LogP contribution in [-0.4, -0.2) is 24.9 Å². The van der Waals surface area contributed by atoms with Gasteiger partial charge in [0.25, 0.3) is 0 Å². The molecule has 0 aliphatic carbocycles. The highest BCUT2D eigenvalue weighted by molar-refractivity contribution is 7.26. The highest BCUT2D eigenvalue weighted by Gasteiger charge is 2.22. The second-order valence-corrected chi connectivity index (χ2v) is 15.0. The molecular formula is C49H27N5O2S. The van der Waals surface area contributed by atoms with Gasteiger partial charge in [0.1, 0.15) is 22.3 Å². The molecule has 0 spiro atoms. The van der Waals surface area contributed by atoms with Crippen molar-refractivity contribution in [1.29, 1.82) is 0 Å². The molecular weight excluding hydrogens is 723 g/mol. The van der Waals surface area contributed by atoms with E-state index in [1.54, 1.807) is 11.3 Å². The summed E-state index contributed by atoms with van der Waals surface area (Å²) in [4.78, 5) is 25.6. The van der Waals surface area contributed by atoms with Gasteiger partial charge in [0.05, 0.1) is 27.0 Å². The molecule has 0 fully saturated rings. The van der Waals surface area contributed by atoms with Crippen molar-refractivity contribution >= 4 is 75.5 Å². The minimum Gasteiger partial charge on any atom is -0.455 e. The Labute approximate surface area is 328 Å². The molecule has 0 atom stereocenters. The third kappa shape index (κ3) is 5.08. The van der Waals surface area contributed by atoms with E-state index in [0.717, 1.165) is 93.0 Å². The number of para-hydroxylation sites is 3. The average Bonchev–Trinajstić information content (AvgIpc) is 3.98. The van der Waals surface area contributed by atoms with Crippen molar-refractivity contribution < 1.29 is 8.83 Å². The lowest BCUT2D eigenvalue weighted by atomic mass is 10.1. The van der Waals surface area contributed by atoms with E-state index in [2.05, 4.69) is 60.7 Å². The van der Waals surface area contributed by atoms with Crippen LogP contribution in [-0.2, 0) is 0 Å². The number of hydrogen-bond acceptors (Lipinski definition) is 8. The van der Waals surface area contributed by atoms with Gasteiger partial charge in [-0.1, -0.05) is 121 Å². The Morgan fingerprint density at radius 3 is 1.68 bits per heavy atom. The Bertz CT molecular complexity index is 3540. The van der Waals surface area contributed by atoms with Crippen LogP contribution in [0.2, 0.25) is 0 Å². The molecule has 0 bridgehead atoms. The summed E-state index contributed by atoms with van der Waals surface area (Å²) in [5, 5.41) is 5.07. The molecule has 5 aromatic heterocycles.